The van der Waals surface area contributed by atoms with Gasteiger partial charge in [-0.1, -0.05) is 17.7 Å². The van der Waals surface area contributed by atoms with E-state index in [4.69, 9.17) is 5.11 Å². The maximum atomic E-state index is 11.1. The minimum atomic E-state index is -0.971. The van der Waals surface area contributed by atoms with Crippen LogP contribution in [0.1, 0.15) is 17.2 Å². The molecule has 0 heterocycles. The third-order valence-electron chi connectivity index (χ3n) is 2.23. The van der Waals surface area contributed by atoms with Crippen LogP contribution in [0.3, 0.4) is 0 Å². The standard InChI is InChI=1S/C11H15NO3/c1-7-4-5-9(13)8(6-7)10(11(14)15)12(2)3/h4-6,10,13H,1-3H3,(H,14,15). The number of rotatable bonds is 3. The van der Waals surface area contributed by atoms with Crippen LogP contribution in [-0.2, 0) is 4.79 Å². The van der Waals surface area contributed by atoms with E-state index in [1.54, 1.807) is 31.1 Å². The van der Waals surface area contributed by atoms with E-state index in [0.29, 0.717) is 5.56 Å². The number of carboxylic acids is 1. The van der Waals surface area contributed by atoms with E-state index in [-0.39, 0.29) is 5.75 Å². The summed E-state index contributed by atoms with van der Waals surface area (Å²) in [5, 5.41) is 18.7. The van der Waals surface area contributed by atoms with E-state index >= 15 is 0 Å². The Balaban J connectivity index is 3.22. The molecule has 0 saturated heterocycles. The normalized spacial score (nSPS) is 12.8. The van der Waals surface area contributed by atoms with E-state index in [2.05, 4.69) is 0 Å². The maximum absolute atomic E-state index is 11.1. The summed E-state index contributed by atoms with van der Waals surface area (Å²) in [5.41, 5.74) is 1.35. The first-order chi connectivity index (χ1) is 6.93. The summed E-state index contributed by atoms with van der Waals surface area (Å²) in [4.78, 5) is 12.6. The van der Waals surface area contributed by atoms with Crippen LogP contribution < -0.4 is 0 Å². The zero-order valence-electron chi connectivity index (χ0n) is 9.06. The van der Waals surface area contributed by atoms with Gasteiger partial charge in [-0.2, -0.15) is 0 Å². The van der Waals surface area contributed by atoms with Crippen molar-refractivity contribution in [2.75, 3.05) is 14.1 Å². The van der Waals surface area contributed by atoms with Crippen molar-refractivity contribution < 1.29 is 15.0 Å². The van der Waals surface area contributed by atoms with E-state index in [0.717, 1.165) is 5.56 Å². The topological polar surface area (TPSA) is 60.8 Å². The molecule has 0 spiro atoms. The molecule has 0 fully saturated rings. The molecule has 82 valence electrons. The van der Waals surface area contributed by atoms with Crippen molar-refractivity contribution in [3.63, 3.8) is 0 Å². The lowest BCUT2D eigenvalue weighted by Gasteiger charge is -2.21. The molecule has 4 nitrogen and oxygen atoms in total. The molecule has 1 rings (SSSR count). The van der Waals surface area contributed by atoms with Crippen molar-refractivity contribution in [1.82, 2.24) is 4.90 Å². The van der Waals surface area contributed by atoms with Gasteiger partial charge in [-0.05, 0) is 27.1 Å². The molecule has 1 aromatic rings. The van der Waals surface area contributed by atoms with Crippen LogP contribution in [0.15, 0.2) is 18.2 Å². The molecule has 1 atom stereocenters. The van der Waals surface area contributed by atoms with Gasteiger partial charge in [-0.15, -0.1) is 0 Å². The highest BCUT2D eigenvalue weighted by atomic mass is 16.4. The largest absolute Gasteiger partial charge is 0.508 e. The number of phenolic OH excluding ortho intramolecular Hbond substituents is 1. The third-order valence-corrected chi connectivity index (χ3v) is 2.23. The van der Waals surface area contributed by atoms with Crippen LogP contribution in [0, 0.1) is 6.92 Å². The number of carboxylic acid groups (broad SMARTS) is 1. The number of nitrogens with zero attached hydrogens (tertiary/aromatic N) is 1. The lowest BCUT2D eigenvalue weighted by molar-refractivity contribution is -0.142. The Morgan fingerprint density at radius 3 is 2.47 bits per heavy atom. The number of aliphatic carboxylic acids is 1. The molecular formula is C11H15NO3. The van der Waals surface area contributed by atoms with Crippen LogP contribution >= 0.6 is 0 Å². The summed E-state index contributed by atoms with van der Waals surface area (Å²) in [5.74, 6) is -0.956. The van der Waals surface area contributed by atoms with E-state index < -0.39 is 12.0 Å². The first kappa shape index (κ1) is 11.5. The van der Waals surface area contributed by atoms with Gasteiger partial charge in [0.25, 0.3) is 0 Å². The van der Waals surface area contributed by atoms with Crippen molar-refractivity contribution in [2.45, 2.75) is 13.0 Å². The van der Waals surface area contributed by atoms with Crippen molar-refractivity contribution in [3.05, 3.63) is 29.3 Å². The molecular weight excluding hydrogens is 194 g/mol. The second kappa shape index (κ2) is 4.31. The Morgan fingerprint density at radius 2 is 2.00 bits per heavy atom. The van der Waals surface area contributed by atoms with E-state index in [1.807, 2.05) is 6.92 Å². The molecule has 1 unspecified atom stereocenters. The van der Waals surface area contributed by atoms with Crippen LogP contribution in [0.25, 0.3) is 0 Å². The van der Waals surface area contributed by atoms with Crippen LogP contribution in [0.5, 0.6) is 5.75 Å². The predicted molar refractivity (Wildman–Crippen MR) is 56.9 cm³/mol. The highest BCUT2D eigenvalue weighted by molar-refractivity contribution is 5.76. The Bertz CT molecular complexity index is 374. The van der Waals surface area contributed by atoms with Crippen LogP contribution in [-0.4, -0.2) is 35.2 Å². The number of aromatic hydroxyl groups is 1. The summed E-state index contributed by atoms with van der Waals surface area (Å²) in [6.45, 7) is 1.86. The summed E-state index contributed by atoms with van der Waals surface area (Å²) in [6.07, 6.45) is 0. The molecule has 0 bridgehead atoms. The third kappa shape index (κ3) is 2.47. The van der Waals surface area contributed by atoms with Gasteiger partial charge < -0.3 is 10.2 Å². The van der Waals surface area contributed by atoms with Crippen molar-refractivity contribution in [2.24, 2.45) is 0 Å². The Hall–Kier alpha value is -1.55. The SMILES string of the molecule is Cc1ccc(O)c(C(C(=O)O)N(C)C)c1. The molecule has 2 N–H and O–H groups in total. The number of hydrogen-bond acceptors (Lipinski definition) is 3. The maximum Gasteiger partial charge on any atom is 0.325 e. The minimum Gasteiger partial charge on any atom is -0.508 e. The molecule has 0 aromatic heterocycles. The number of benzene rings is 1. The Kier molecular flexibility index (Phi) is 3.31. The smallest absolute Gasteiger partial charge is 0.325 e. The molecule has 4 heteroatoms. The quantitative estimate of drug-likeness (QED) is 0.789. The van der Waals surface area contributed by atoms with Gasteiger partial charge in [-0.3, -0.25) is 9.69 Å². The van der Waals surface area contributed by atoms with Crippen molar-refractivity contribution in [3.8, 4) is 5.75 Å². The summed E-state index contributed by atoms with van der Waals surface area (Å²) >= 11 is 0. The average Bonchev–Trinajstić information content (AvgIpc) is 2.10. The number of carbonyl (C=O) groups is 1. The fraction of sp³-hybridized carbons (Fsp3) is 0.364. The van der Waals surface area contributed by atoms with Gasteiger partial charge in [-0.25, -0.2) is 0 Å². The van der Waals surface area contributed by atoms with Gasteiger partial charge in [0.05, 0.1) is 0 Å². The fourth-order valence-corrected chi connectivity index (χ4v) is 1.53. The predicted octanol–water partition coefficient (Wildman–Crippen LogP) is 1.39. The highest BCUT2D eigenvalue weighted by Gasteiger charge is 2.24. The molecule has 0 aliphatic rings. The summed E-state index contributed by atoms with van der Waals surface area (Å²) < 4.78 is 0. The van der Waals surface area contributed by atoms with E-state index in [9.17, 15) is 9.90 Å². The van der Waals surface area contributed by atoms with Gasteiger partial charge in [0.2, 0.25) is 0 Å². The fourth-order valence-electron chi connectivity index (χ4n) is 1.53. The molecule has 1 aromatic carbocycles. The molecule has 15 heavy (non-hydrogen) atoms. The highest BCUT2D eigenvalue weighted by Crippen LogP contribution is 2.28. The van der Waals surface area contributed by atoms with Gasteiger partial charge >= 0.3 is 5.97 Å². The zero-order chi connectivity index (χ0) is 11.6. The summed E-state index contributed by atoms with van der Waals surface area (Å²) in [6, 6.07) is 4.14. The lowest BCUT2D eigenvalue weighted by Crippen LogP contribution is -2.27. The number of likely N-dealkylation sites (N-methyl/N-ethyl adjacent to an activating group) is 1. The zero-order valence-corrected chi connectivity index (χ0v) is 9.06. The van der Waals surface area contributed by atoms with Crippen molar-refractivity contribution in [1.29, 1.82) is 0 Å². The lowest BCUT2D eigenvalue weighted by atomic mass is 10.0. The van der Waals surface area contributed by atoms with E-state index in [1.165, 1.54) is 6.07 Å². The molecule has 0 amide bonds. The number of aryl methyl sites for hydroxylation is 1. The van der Waals surface area contributed by atoms with Gasteiger partial charge in [0, 0.05) is 5.56 Å². The van der Waals surface area contributed by atoms with Gasteiger partial charge in [0.15, 0.2) is 0 Å². The second-order valence-electron chi connectivity index (χ2n) is 3.77. The van der Waals surface area contributed by atoms with Gasteiger partial charge in [0.1, 0.15) is 11.8 Å². The molecule has 0 saturated carbocycles. The summed E-state index contributed by atoms with van der Waals surface area (Å²) in [7, 11) is 3.33. The first-order valence-electron chi connectivity index (χ1n) is 4.62. The van der Waals surface area contributed by atoms with Crippen LogP contribution in [0.2, 0.25) is 0 Å². The van der Waals surface area contributed by atoms with Crippen LogP contribution in [0.4, 0.5) is 0 Å². The van der Waals surface area contributed by atoms with Crippen molar-refractivity contribution >= 4 is 5.97 Å². The Morgan fingerprint density at radius 1 is 1.40 bits per heavy atom. The monoisotopic (exact) mass is 209 g/mol. The Labute approximate surface area is 88.8 Å². The second-order valence-corrected chi connectivity index (χ2v) is 3.77. The first-order valence-corrected chi connectivity index (χ1v) is 4.62. The average molecular weight is 209 g/mol. The molecule has 0 aliphatic heterocycles. The number of phenols is 1. The molecule has 0 radical (unpaired) electrons. The number of hydrogen-bond donors (Lipinski definition) is 2. The molecule has 0 aliphatic carbocycles. The minimum absolute atomic E-state index is 0.0155.